The maximum absolute atomic E-state index is 10.1. The summed E-state index contributed by atoms with van der Waals surface area (Å²) < 4.78 is 0. The second-order valence-electron chi connectivity index (χ2n) is 1.63. The van der Waals surface area contributed by atoms with Gasteiger partial charge in [0.2, 0.25) is 0 Å². The van der Waals surface area contributed by atoms with Crippen molar-refractivity contribution < 1.29 is 4.79 Å². The largest absolute Gasteiger partial charge is 0.302 e. The summed E-state index contributed by atoms with van der Waals surface area (Å²) in [5.41, 5.74) is 0. The molecule has 0 rings (SSSR count). The molecule has 0 atom stereocenters. The number of thiol groups is 1. The number of hydrogen-bond donors (Lipinski definition) is 1. The first-order valence-electron chi connectivity index (χ1n) is 1.99. The van der Waals surface area contributed by atoms with E-state index in [1.807, 2.05) is 14.1 Å². The second kappa shape index (κ2) is 3.04. The summed E-state index contributed by atoms with van der Waals surface area (Å²) in [6, 6.07) is 0. The van der Waals surface area contributed by atoms with Crippen LogP contribution in [0.3, 0.4) is 0 Å². The molecule has 0 fully saturated rings. The standard InChI is InChI=1S/C4H9NOS/c1-5(2)3-4(6)7/h3H2,1-2H3,(H,6,7). The van der Waals surface area contributed by atoms with Crippen LogP contribution in [0, 0.1) is 0 Å². The quantitative estimate of drug-likeness (QED) is 0.516. The highest BCUT2D eigenvalue weighted by Gasteiger charge is 1.92. The Hall–Kier alpha value is -0.0200. The zero-order chi connectivity index (χ0) is 5.86. The van der Waals surface area contributed by atoms with Crippen molar-refractivity contribution in [3.63, 3.8) is 0 Å². The molecular weight excluding hydrogens is 110 g/mol. The van der Waals surface area contributed by atoms with Crippen LogP contribution in [0.4, 0.5) is 0 Å². The first-order valence-corrected chi connectivity index (χ1v) is 2.44. The molecule has 0 spiro atoms. The Kier molecular flexibility index (Phi) is 3.04. The van der Waals surface area contributed by atoms with Gasteiger partial charge in [0.15, 0.2) is 5.12 Å². The van der Waals surface area contributed by atoms with E-state index in [0.29, 0.717) is 6.54 Å². The molecule has 0 saturated carbocycles. The molecule has 0 unspecified atom stereocenters. The van der Waals surface area contributed by atoms with Gasteiger partial charge in [-0.25, -0.2) is 0 Å². The summed E-state index contributed by atoms with van der Waals surface area (Å²) in [5, 5.41) is -0.0926. The molecule has 0 aromatic rings. The summed E-state index contributed by atoms with van der Waals surface area (Å²) in [6.07, 6.45) is 0. The predicted octanol–water partition coefficient (Wildman–Crippen LogP) is 0.00440. The van der Waals surface area contributed by atoms with E-state index < -0.39 is 0 Å². The Balaban J connectivity index is 3.13. The molecular formula is C4H9NOS. The molecule has 0 aromatic carbocycles. The molecule has 7 heavy (non-hydrogen) atoms. The summed E-state index contributed by atoms with van der Waals surface area (Å²) in [5.74, 6) is 0. The lowest BCUT2D eigenvalue weighted by molar-refractivity contribution is -0.111. The topological polar surface area (TPSA) is 20.3 Å². The molecule has 2 nitrogen and oxygen atoms in total. The van der Waals surface area contributed by atoms with Gasteiger partial charge in [-0.1, -0.05) is 0 Å². The van der Waals surface area contributed by atoms with Gasteiger partial charge in [0.1, 0.15) is 0 Å². The summed E-state index contributed by atoms with van der Waals surface area (Å²) in [7, 11) is 3.66. The van der Waals surface area contributed by atoms with Gasteiger partial charge in [-0.15, -0.1) is 12.6 Å². The van der Waals surface area contributed by atoms with Crippen molar-refractivity contribution >= 4 is 17.7 Å². The monoisotopic (exact) mass is 119 g/mol. The molecule has 42 valence electrons. The third-order valence-electron chi connectivity index (χ3n) is 0.451. The zero-order valence-electron chi connectivity index (χ0n) is 4.51. The average Bonchev–Trinajstić information content (AvgIpc) is 1.27. The highest BCUT2D eigenvalue weighted by atomic mass is 32.1. The minimum absolute atomic E-state index is 0.0926. The number of rotatable bonds is 2. The van der Waals surface area contributed by atoms with Gasteiger partial charge < -0.3 is 4.90 Å². The van der Waals surface area contributed by atoms with Crippen molar-refractivity contribution in [1.82, 2.24) is 4.90 Å². The van der Waals surface area contributed by atoms with Crippen LogP contribution in [0.2, 0.25) is 0 Å². The Labute approximate surface area is 48.9 Å². The van der Waals surface area contributed by atoms with Crippen LogP contribution in [-0.4, -0.2) is 30.7 Å². The lowest BCUT2D eigenvalue weighted by Crippen LogP contribution is -2.17. The first-order chi connectivity index (χ1) is 3.13. The lowest BCUT2D eigenvalue weighted by atomic mass is 10.7. The van der Waals surface area contributed by atoms with Gasteiger partial charge in [-0.05, 0) is 14.1 Å². The maximum Gasteiger partial charge on any atom is 0.199 e. The van der Waals surface area contributed by atoms with Crippen molar-refractivity contribution in [3.8, 4) is 0 Å². The molecule has 0 aliphatic carbocycles. The number of hydrogen-bond acceptors (Lipinski definition) is 2. The third-order valence-corrected chi connectivity index (χ3v) is 0.593. The Morgan fingerprint density at radius 2 is 2.14 bits per heavy atom. The molecule has 0 aliphatic rings. The van der Waals surface area contributed by atoms with Crippen LogP contribution in [0.1, 0.15) is 0 Å². The van der Waals surface area contributed by atoms with Crippen molar-refractivity contribution in [3.05, 3.63) is 0 Å². The van der Waals surface area contributed by atoms with Gasteiger partial charge >= 0.3 is 0 Å². The first kappa shape index (κ1) is 6.98. The fourth-order valence-electron chi connectivity index (χ4n) is 0.271. The molecule has 0 heterocycles. The molecule has 0 radical (unpaired) electrons. The third kappa shape index (κ3) is 5.98. The second-order valence-corrected chi connectivity index (χ2v) is 2.13. The van der Waals surface area contributed by atoms with Crippen LogP contribution in [0.5, 0.6) is 0 Å². The Morgan fingerprint density at radius 1 is 1.71 bits per heavy atom. The number of nitrogens with zero attached hydrogens (tertiary/aromatic N) is 1. The summed E-state index contributed by atoms with van der Waals surface area (Å²) in [4.78, 5) is 11.8. The van der Waals surface area contributed by atoms with E-state index in [4.69, 9.17) is 0 Å². The minimum Gasteiger partial charge on any atom is -0.302 e. The number of carbonyl (C=O) groups is 1. The van der Waals surface area contributed by atoms with Crippen molar-refractivity contribution in [2.24, 2.45) is 0 Å². The smallest absolute Gasteiger partial charge is 0.199 e. The highest BCUT2D eigenvalue weighted by molar-refractivity contribution is 7.96. The van der Waals surface area contributed by atoms with E-state index in [0.717, 1.165) is 0 Å². The minimum atomic E-state index is -0.0926. The molecule has 0 aromatic heterocycles. The van der Waals surface area contributed by atoms with Crippen molar-refractivity contribution in [2.45, 2.75) is 0 Å². The fraction of sp³-hybridized carbons (Fsp3) is 0.750. The maximum atomic E-state index is 10.1. The predicted molar refractivity (Wildman–Crippen MR) is 32.5 cm³/mol. The highest BCUT2D eigenvalue weighted by Crippen LogP contribution is 1.79. The molecule has 0 saturated heterocycles. The van der Waals surface area contributed by atoms with Crippen molar-refractivity contribution in [1.29, 1.82) is 0 Å². The normalized spacial score (nSPS) is 9.71. The van der Waals surface area contributed by atoms with Gasteiger partial charge in [0.25, 0.3) is 0 Å². The van der Waals surface area contributed by atoms with Gasteiger partial charge in [-0.2, -0.15) is 0 Å². The van der Waals surface area contributed by atoms with Gasteiger partial charge in [0.05, 0.1) is 6.54 Å². The molecule has 0 N–H and O–H groups in total. The van der Waals surface area contributed by atoms with Gasteiger partial charge in [0, 0.05) is 0 Å². The Bertz CT molecular complexity index is 72.1. The van der Waals surface area contributed by atoms with Crippen LogP contribution in [0.15, 0.2) is 0 Å². The van der Waals surface area contributed by atoms with E-state index in [2.05, 4.69) is 12.6 Å². The van der Waals surface area contributed by atoms with E-state index >= 15 is 0 Å². The zero-order valence-corrected chi connectivity index (χ0v) is 5.40. The van der Waals surface area contributed by atoms with Crippen LogP contribution in [-0.2, 0) is 4.79 Å². The fourth-order valence-corrected chi connectivity index (χ4v) is 0.553. The number of carbonyl (C=O) groups excluding carboxylic acids is 1. The molecule has 0 bridgehead atoms. The van der Waals surface area contributed by atoms with E-state index in [9.17, 15) is 4.79 Å². The SMILES string of the molecule is CN(C)CC(=O)S. The van der Waals surface area contributed by atoms with Gasteiger partial charge in [-0.3, -0.25) is 4.79 Å². The molecule has 0 aliphatic heterocycles. The summed E-state index contributed by atoms with van der Waals surface area (Å²) in [6.45, 7) is 0.420. The van der Waals surface area contributed by atoms with Crippen LogP contribution >= 0.6 is 12.6 Å². The van der Waals surface area contributed by atoms with E-state index in [1.165, 1.54) is 0 Å². The molecule has 0 amide bonds. The number of likely N-dealkylation sites (N-methyl/N-ethyl adjacent to an activating group) is 1. The van der Waals surface area contributed by atoms with E-state index in [1.54, 1.807) is 4.90 Å². The van der Waals surface area contributed by atoms with Crippen molar-refractivity contribution in [2.75, 3.05) is 20.6 Å². The summed E-state index contributed by atoms with van der Waals surface area (Å²) >= 11 is 3.56. The lowest BCUT2D eigenvalue weighted by Gasteiger charge is -2.02. The van der Waals surface area contributed by atoms with Crippen LogP contribution < -0.4 is 0 Å². The van der Waals surface area contributed by atoms with Crippen LogP contribution in [0.25, 0.3) is 0 Å². The molecule has 3 heteroatoms. The Morgan fingerprint density at radius 3 is 2.14 bits per heavy atom. The average molecular weight is 119 g/mol. The van der Waals surface area contributed by atoms with E-state index in [-0.39, 0.29) is 5.12 Å².